The van der Waals surface area contributed by atoms with Crippen LogP contribution in [0.25, 0.3) is 43.8 Å². The van der Waals surface area contributed by atoms with Crippen molar-refractivity contribution in [1.82, 2.24) is 63.7 Å². The normalized spacial score (nSPS) is 16.8. The molecule has 3 aliphatic rings. The Kier molecular flexibility index (Phi) is 29.9. The number of rotatable bonds is 28. The number of carbonyl (C=O) groups excluding carboxylic acids is 9. The van der Waals surface area contributed by atoms with E-state index in [1.54, 1.807) is 143 Å². The maximum absolute atomic E-state index is 15.5. The molecular weight excluding hydrogens is 1750 g/mol. The topological polar surface area (TPSA) is 383 Å². The molecule has 7 aromatic carbocycles. The van der Waals surface area contributed by atoms with E-state index < -0.39 is 127 Å². The first-order valence-electron chi connectivity index (χ1n) is 40.5. The lowest BCUT2D eigenvalue weighted by Gasteiger charge is -2.25. The van der Waals surface area contributed by atoms with Crippen molar-refractivity contribution in [3.63, 3.8) is 0 Å². The summed E-state index contributed by atoms with van der Waals surface area (Å²) in [6, 6.07) is 35.4. The Morgan fingerprint density at radius 1 is 0.492 bits per heavy atom. The van der Waals surface area contributed by atoms with Gasteiger partial charge in [0.05, 0.1) is 102 Å². The zero-order valence-corrected chi connectivity index (χ0v) is 71.0. The van der Waals surface area contributed by atoms with Crippen molar-refractivity contribution in [2.45, 2.75) is 121 Å². The summed E-state index contributed by atoms with van der Waals surface area (Å²) in [5, 5.41) is 45.4. The first-order chi connectivity index (χ1) is 62.0. The number of aliphatic hydroxyl groups is 2. The Hall–Kier alpha value is -13.9. The van der Waals surface area contributed by atoms with Crippen molar-refractivity contribution in [2.75, 3.05) is 54.1 Å². The quantitative estimate of drug-likeness (QED) is 0.0177. The molecule has 5 amide bonds. The molecule has 8 atom stereocenters. The highest BCUT2D eigenvalue weighted by molar-refractivity contribution is 6.33. The average molecular weight is 1840 g/mol. The van der Waals surface area contributed by atoms with E-state index in [9.17, 15) is 75.3 Å². The third kappa shape index (κ3) is 21.3. The van der Waals surface area contributed by atoms with Gasteiger partial charge in [-0.2, -0.15) is 10.2 Å². The fourth-order valence-electron chi connectivity index (χ4n) is 16.1. The van der Waals surface area contributed by atoms with Crippen molar-refractivity contribution < 1.29 is 79.7 Å². The van der Waals surface area contributed by atoms with Gasteiger partial charge in [0.2, 0.25) is 23.6 Å². The van der Waals surface area contributed by atoms with Crippen molar-refractivity contribution >= 4 is 160 Å². The van der Waals surface area contributed by atoms with Gasteiger partial charge in [0.15, 0.2) is 40.5 Å². The number of ketones is 4. The number of alkyl halides is 3. The number of anilines is 7. The zero-order chi connectivity index (χ0) is 91.6. The van der Waals surface area contributed by atoms with Crippen LogP contribution in [0.1, 0.15) is 108 Å². The van der Waals surface area contributed by atoms with Crippen LogP contribution in [0.2, 0.25) is 15.1 Å². The van der Waals surface area contributed by atoms with Crippen LogP contribution in [-0.4, -0.2) is 196 Å². The Bertz CT molecular complexity index is 6200. The number of nitrogens with zero attached hydrogens (tertiary/aromatic N) is 13. The minimum absolute atomic E-state index is 0. The summed E-state index contributed by atoms with van der Waals surface area (Å²) in [5.74, 6) is -8.07. The minimum Gasteiger partial charge on any atom is -0.396 e. The maximum atomic E-state index is 15.5. The Balaban J connectivity index is 0.000000166. The first-order valence-corrected chi connectivity index (χ1v) is 41.6. The van der Waals surface area contributed by atoms with E-state index in [4.69, 9.17) is 40.5 Å². The summed E-state index contributed by atoms with van der Waals surface area (Å²) in [4.78, 5) is 137. The summed E-state index contributed by atoms with van der Waals surface area (Å²) < 4.78 is 93.0. The second kappa shape index (κ2) is 41.5. The van der Waals surface area contributed by atoms with Gasteiger partial charge in [0.25, 0.3) is 5.91 Å². The number of carbonyl (C=O) groups is 9. The van der Waals surface area contributed by atoms with E-state index >= 15 is 4.39 Å². The van der Waals surface area contributed by atoms with E-state index in [1.807, 2.05) is 0 Å². The van der Waals surface area contributed by atoms with Crippen LogP contribution in [0, 0.1) is 17.5 Å². The molecule has 9 heterocycles. The van der Waals surface area contributed by atoms with Crippen LogP contribution in [0.3, 0.4) is 0 Å². The van der Waals surface area contributed by atoms with Gasteiger partial charge in [-0.25, -0.2) is 46.3 Å². The number of nitrogens with one attached hydrogen (secondary N) is 4. The number of fused-ring (bicyclic) bond motifs is 3. The summed E-state index contributed by atoms with van der Waals surface area (Å²) in [6.45, 7) is 0.0518. The van der Waals surface area contributed by atoms with Crippen LogP contribution in [-0.2, 0) is 48.4 Å². The molecule has 29 nitrogen and oxygen atoms in total. The van der Waals surface area contributed by atoms with E-state index in [1.165, 1.54) is 95.7 Å². The van der Waals surface area contributed by atoms with Crippen molar-refractivity contribution in [2.24, 2.45) is 5.73 Å². The number of hydrogen-bond acceptors (Lipinski definition) is 21. The summed E-state index contributed by atoms with van der Waals surface area (Å²) in [5.41, 5.74) is 11.8. The fourth-order valence-corrected chi connectivity index (χ4v) is 16.7. The maximum Gasteiger partial charge on any atom is 0.269 e. The number of primary amides is 1. The number of aromatic nitrogens is 10. The number of nitrogens with two attached hydrogens (primary N) is 1. The van der Waals surface area contributed by atoms with Crippen LogP contribution in [0.4, 0.5) is 66.3 Å². The molecule has 0 aliphatic carbocycles. The summed E-state index contributed by atoms with van der Waals surface area (Å²) in [7, 11) is 0. The predicted octanol–water partition coefficient (Wildman–Crippen LogP) is 15.0. The molecule has 38 heteroatoms. The van der Waals surface area contributed by atoms with Gasteiger partial charge in [0.1, 0.15) is 68.5 Å². The largest absolute Gasteiger partial charge is 0.396 e. The number of hydrogen-bond donors (Lipinski definition) is 7. The SMILES string of the molecule is C.CC(=O)c1cn(CC(=O)N2C[C@H](F)C[C@H]2C(=O)C[C@@H](CO)c2cccc(Cl)c2F)c2ccc(Nc3cncnc3)cc12.CC(=O)c1cn(CC(=O)N2C[C@H](F)C[C@H]2C(=O)C[C@H](CO)c2cccc(Cl)c2F)c2ccc(Nc3cncnc3)cc12.NC(=O)c1nn(CC(=O)N2C[C@H](F)C[C@H]2C(=O)Nc2cccc(-c3ccccc3Cl)c2F)c2ccc(Nc3cccnn3)cc12. The van der Waals surface area contributed by atoms with Gasteiger partial charge in [-0.05, 0) is 116 Å². The van der Waals surface area contributed by atoms with E-state index in [2.05, 4.69) is 56.5 Å². The Labute approximate surface area is 754 Å². The molecule has 3 saturated heterocycles. The van der Waals surface area contributed by atoms with Gasteiger partial charge in [0, 0.05) is 134 Å². The number of amides is 5. The lowest BCUT2D eigenvalue weighted by Crippen LogP contribution is -2.44. The minimum atomic E-state index is -1.48. The third-order valence-corrected chi connectivity index (χ3v) is 23.2. The molecule has 0 spiro atoms. The number of benzene rings is 7. The molecule has 13 aromatic rings. The lowest BCUT2D eigenvalue weighted by molar-refractivity contribution is -0.138. The van der Waals surface area contributed by atoms with Crippen molar-refractivity contribution in [3.05, 3.63) is 262 Å². The number of aliphatic hydroxyl groups excluding tert-OH is 2. The third-order valence-electron chi connectivity index (χ3n) is 22.3. The standard InChI is InChI=1S/C31H25ClF2N8O3.2C30H28ClF2N5O4.CH4/c32-22-7-2-1-5-19(22)20-6-3-8-23(28(20)34)38-31(45)25-13-17(33)15-41(25)27(43)16-42-24-11-10-18(37-26-9-4-12-36-39-26)14-21(24)29(40-42)30(35)44;2*1-17(40)24-13-37(26-6-5-20(9-23(24)26)36-21-10-34-16-35-11-21)14-29(42)38-12-19(32)8-27(38)28(41)7-18(15-39)22-3-2-4-25(31)30(22)33;/h1-12,14,17,25H,13,15-16H2,(H2,35,44)(H,37,39)(H,38,45);2*2-6,9-11,13,16,18-19,27,36,39H,7-8,12,14-15H2,1H3;1H4/t17-,25+;18-,19+,27-;18-,19-,27+;/m101./s1. The Morgan fingerprint density at radius 2 is 0.931 bits per heavy atom. The zero-order valence-electron chi connectivity index (χ0n) is 68.7. The molecule has 0 radical (unpaired) electrons. The van der Waals surface area contributed by atoms with E-state index in [-0.39, 0.29) is 122 Å². The smallest absolute Gasteiger partial charge is 0.269 e. The molecule has 130 heavy (non-hydrogen) atoms. The van der Waals surface area contributed by atoms with Crippen LogP contribution in [0.5, 0.6) is 0 Å². The summed E-state index contributed by atoms with van der Waals surface area (Å²) in [6.07, 6.45) is 8.37. The molecule has 16 rings (SSSR count). The molecule has 0 bridgehead atoms. The molecule has 0 unspecified atom stereocenters. The molecule has 3 aliphatic heterocycles. The van der Waals surface area contributed by atoms with Gasteiger partial charge in [-0.1, -0.05) is 96.8 Å². The van der Waals surface area contributed by atoms with Crippen LogP contribution >= 0.6 is 34.8 Å². The van der Waals surface area contributed by atoms with Crippen molar-refractivity contribution in [1.29, 1.82) is 0 Å². The second-order valence-electron chi connectivity index (χ2n) is 31.0. The van der Waals surface area contributed by atoms with Crippen LogP contribution in [0.15, 0.2) is 202 Å². The van der Waals surface area contributed by atoms with E-state index in [0.717, 1.165) is 4.90 Å². The fraction of sp³-hybridized carbons (Fsp3) is 0.261. The highest BCUT2D eigenvalue weighted by Gasteiger charge is 2.44. The van der Waals surface area contributed by atoms with Gasteiger partial charge in [-0.15, -0.1) is 5.10 Å². The average Bonchev–Trinajstić information content (AvgIpc) is 1.61. The lowest BCUT2D eigenvalue weighted by atomic mass is 9.91. The highest BCUT2D eigenvalue weighted by Crippen LogP contribution is 2.39. The molecule has 672 valence electrons. The predicted molar refractivity (Wildman–Crippen MR) is 477 cm³/mol. The first kappa shape index (κ1) is 93.8. The van der Waals surface area contributed by atoms with Crippen molar-refractivity contribution in [3.8, 4) is 11.1 Å². The van der Waals surface area contributed by atoms with Crippen LogP contribution < -0.4 is 27.0 Å². The molecule has 3 fully saturated rings. The van der Waals surface area contributed by atoms with Gasteiger partial charge >= 0.3 is 0 Å². The van der Waals surface area contributed by atoms with Gasteiger partial charge < -0.3 is 61.0 Å². The molecular formula is C92H85Cl3F6N18O11. The molecule has 6 aromatic heterocycles. The van der Waals surface area contributed by atoms with E-state index in [0.29, 0.717) is 88.7 Å². The number of Topliss-reactive ketones (excluding diaryl/α,β-unsaturated/α-hetero) is 4. The molecule has 8 N–H and O–H groups in total. The monoisotopic (exact) mass is 1840 g/mol. The molecule has 0 saturated carbocycles. The van der Waals surface area contributed by atoms with Gasteiger partial charge in [-0.3, -0.25) is 47.8 Å². The Morgan fingerprint density at radius 3 is 1.40 bits per heavy atom. The second-order valence-corrected chi connectivity index (χ2v) is 32.2. The highest BCUT2D eigenvalue weighted by atomic mass is 35.5. The summed E-state index contributed by atoms with van der Waals surface area (Å²) >= 11 is 18.0. The number of likely N-dealkylation sites (tertiary alicyclic amines) is 3. The number of halogens is 9.